The van der Waals surface area contributed by atoms with E-state index in [9.17, 15) is 24.8 Å². The number of methoxy groups -OCH3 is 1. The van der Waals surface area contributed by atoms with Crippen molar-refractivity contribution in [2.45, 2.75) is 38.9 Å². The monoisotopic (exact) mass is 365 g/mol. The number of nitro groups is 1. The van der Waals surface area contributed by atoms with Crippen molar-refractivity contribution in [1.82, 2.24) is 0 Å². The molecule has 1 N–H and O–H groups in total. The van der Waals surface area contributed by atoms with Crippen LogP contribution in [0.3, 0.4) is 0 Å². The third kappa shape index (κ3) is 3.93. The number of nitrogens with zero attached hydrogens (tertiary/aromatic N) is 1. The predicted molar refractivity (Wildman–Crippen MR) is 89.4 cm³/mol. The van der Waals surface area contributed by atoms with Crippen molar-refractivity contribution < 1.29 is 33.8 Å². The van der Waals surface area contributed by atoms with Gasteiger partial charge in [0.1, 0.15) is 5.57 Å². The lowest BCUT2D eigenvalue weighted by Crippen LogP contribution is -2.44. The number of rotatable bonds is 6. The van der Waals surface area contributed by atoms with Crippen LogP contribution < -0.4 is 4.74 Å². The summed E-state index contributed by atoms with van der Waals surface area (Å²) in [6.45, 7) is 3.45. The van der Waals surface area contributed by atoms with Crippen molar-refractivity contribution in [3.8, 4) is 11.5 Å². The normalized spacial score (nSPS) is 19.6. The Morgan fingerprint density at radius 3 is 2.42 bits per heavy atom. The highest BCUT2D eigenvalue weighted by molar-refractivity contribution is 6.18. The molecule has 140 valence electrons. The number of aromatic hydroxyl groups is 1. The first-order chi connectivity index (χ1) is 12.2. The summed E-state index contributed by atoms with van der Waals surface area (Å²) in [7, 11) is 1.22. The first-order valence-corrected chi connectivity index (χ1v) is 7.94. The van der Waals surface area contributed by atoms with Crippen molar-refractivity contribution in [2.75, 3.05) is 7.11 Å². The number of hydrogen-bond acceptors (Lipinski definition) is 8. The van der Waals surface area contributed by atoms with Gasteiger partial charge in [-0.1, -0.05) is 13.3 Å². The summed E-state index contributed by atoms with van der Waals surface area (Å²) < 4.78 is 15.3. The second-order valence-corrected chi connectivity index (χ2v) is 5.92. The molecule has 0 aliphatic carbocycles. The van der Waals surface area contributed by atoms with Crippen LogP contribution in [0.4, 0.5) is 5.69 Å². The van der Waals surface area contributed by atoms with Crippen LogP contribution >= 0.6 is 0 Å². The fourth-order valence-electron chi connectivity index (χ4n) is 2.48. The molecular weight excluding hydrogens is 346 g/mol. The number of benzene rings is 1. The zero-order valence-corrected chi connectivity index (χ0v) is 14.6. The highest BCUT2D eigenvalue weighted by Gasteiger charge is 2.42. The van der Waals surface area contributed by atoms with Gasteiger partial charge in [0.15, 0.2) is 5.75 Å². The van der Waals surface area contributed by atoms with E-state index >= 15 is 0 Å². The molecule has 1 aliphatic rings. The maximum absolute atomic E-state index is 12.2. The zero-order valence-electron chi connectivity index (χ0n) is 14.6. The summed E-state index contributed by atoms with van der Waals surface area (Å²) in [5, 5.41) is 20.8. The van der Waals surface area contributed by atoms with Gasteiger partial charge in [0.05, 0.1) is 12.0 Å². The van der Waals surface area contributed by atoms with Crippen molar-refractivity contribution in [2.24, 2.45) is 0 Å². The first-order valence-electron chi connectivity index (χ1n) is 7.94. The number of phenols is 1. The van der Waals surface area contributed by atoms with E-state index in [2.05, 4.69) is 0 Å². The van der Waals surface area contributed by atoms with Crippen LogP contribution in [0.1, 0.15) is 38.7 Å². The minimum atomic E-state index is -1.33. The van der Waals surface area contributed by atoms with E-state index < -0.39 is 39.7 Å². The molecule has 0 atom stereocenters. The topological polar surface area (TPSA) is 125 Å². The van der Waals surface area contributed by atoms with Gasteiger partial charge in [0.2, 0.25) is 5.75 Å². The third-order valence-corrected chi connectivity index (χ3v) is 3.85. The van der Waals surface area contributed by atoms with Crippen LogP contribution in [-0.4, -0.2) is 34.9 Å². The molecule has 0 radical (unpaired) electrons. The Balaban J connectivity index is 2.38. The smallest absolute Gasteiger partial charge is 0.348 e. The SMILES string of the molecule is CCCCC1(C)OC(=O)C(=Cc2cc(OC)c(O)c([N+](=O)[O-])c2)C(=O)O1. The Bertz CT molecular complexity index is 763. The molecule has 0 unspecified atom stereocenters. The standard InChI is InChI=1S/C17H19NO8/c1-4-5-6-17(2)25-15(20)11(16(21)26-17)7-10-8-12(18(22)23)14(19)13(9-10)24-3/h7-9,19H,4-6H2,1-3H3. The molecule has 2 rings (SSSR count). The number of carbonyl (C=O) groups is 2. The van der Waals surface area contributed by atoms with E-state index in [0.29, 0.717) is 12.8 Å². The molecule has 0 saturated carbocycles. The van der Waals surface area contributed by atoms with E-state index in [-0.39, 0.29) is 11.3 Å². The Labute approximate surface area is 149 Å². The number of cyclic esters (lactones) is 2. The van der Waals surface area contributed by atoms with Gasteiger partial charge < -0.3 is 19.3 Å². The number of carbonyl (C=O) groups excluding carboxylic acids is 2. The molecular formula is C17H19NO8. The molecule has 0 amide bonds. The van der Waals surface area contributed by atoms with Gasteiger partial charge in [-0.2, -0.15) is 0 Å². The lowest BCUT2D eigenvalue weighted by molar-refractivity contribution is -0.386. The average molecular weight is 365 g/mol. The summed E-state index contributed by atoms with van der Waals surface area (Å²) in [6, 6.07) is 2.26. The van der Waals surface area contributed by atoms with E-state index in [1.54, 1.807) is 0 Å². The van der Waals surface area contributed by atoms with Gasteiger partial charge in [-0.25, -0.2) is 9.59 Å². The maximum Gasteiger partial charge on any atom is 0.348 e. The van der Waals surface area contributed by atoms with Crippen LogP contribution in [0.2, 0.25) is 0 Å². The number of esters is 2. The molecule has 1 aliphatic heterocycles. The molecule has 0 aromatic heterocycles. The van der Waals surface area contributed by atoms with Crippen LogP contribution in [0, 0.1) is 10.1 Å². The van der Waals surface area contributed by atoms with Crippen molar-refractivity contribution in [3.05, 3.63) is 33.4 Å². The molecule has 1 aromatic rings. The lowest BCUT2D eigenvalue weighted by atomic mass is 10.1. The number of unbranched alkanes of at least 4 members (excludes halogenated alkanes) is 1. The van der Waals surface area contributed by atoms with Gasteiger partial charge in [0.25, 0.3) is 5.79 Å². The van der Waals surface area contributed by atoms with Gasteiger partial charge in [0, 0.05) is 19.4 Å². The highest BCUT2D eigenvalue weighted by Crippen LogP contribution is 2.38. The Morgan fingerprint density at radius 2 is 1.92 bits per heavy atom. The van der Waals surface area contributed by atoms with E-state index in [4.69, 9.17) is 14.2 Å². The molecule has 1 saturated heterocycles. The molecule has 1 heterocycles. The zero-order chi connectivity index (χ0) is 19.5. The minimum Gasteiger partial charge on any atom is -0.500 e. The first kappa shape index (κ1) is 19.2. The molecule has 0 spiro atoms. The lowest BCUT2D eigenvalue weighted by Gasteiger charge is -2.33. The van der Waals surface area contributed by atoms with E-state index in [1.807, 2.05) is 6.92 Å². The summed E-state index contributed by atoms with van der Waals surface area (Å²) in [6.07, 6.45) is 3.01. The Hall–Kier alpha value is -3.10. The van der Waals surface area contributed by atoms with Crippen LogP contribution in [0.25, 0.3) is 6.08 Å². The Kier molecular flexibility index (Phi) is 5.49. The molecule has 9 heteroatoms. The quantitative estimate of drug-likeness (QED) is 0.268. The predicted octanol–water partition coefficient (Wildman–Crippen LogP) is 2.70. The largest absolute Gasteiger partial charge is 0.500 e. The highest BCUT2D eigenvalue weighted by atomic mass is 16.7. The van der Waals surface area contributed by atoms with Crippen LogP contribution in [-0.2, 0) is 19.1 Å². The number of ether oxygens (including phenoxy) is 3. The fraction of sp³-hybridized carbons (Fsp3) is 0.412. The number of hydrogen-bond donors (Lipinski definition) is 1. The number of phenolic OH excluding ortho intramolecular Hbond substituents is 1. The third-order valence-electron chi connectivity index (χ3n) is 3.85. The van der Waals surface area contributed by atoms with Gasteiger partial charge in [-0.05, 0) is 24.1 Å². The second-order valence-electron chi connectivity index (χ2n) is 5.92. The van der Waals surface area contributed by atoms with Gasteiger partial charge >= 0.3 is 17.6 Å². The molecule has 1 aromatic carbocycles. The summed E-state index contributed by atoms with van der Waals surface area (Å²) in [5.74, 6) is -3.92. The van der Waals surface area contributed by atoms with Crippen LogP contribution in [0.15, 0.2) is 17.7 Å². The van der Waals surface area contributed by atoms with E-state index in [1.165, 1.54) is 20.1 Å². The average Bonchev–Trinajstić information content (AvgIpc) is 2.57. The molecule has 26 heavy (non-hydrogen) atoms. The van der Waals surface area contributed by atoms with E-state index in [0.717, 1.165) is 18.6 Å². The second kappa shape index (κ2) is 7.42. The van der Waals surface area contributed by atoms with Crippen molar-refractivity contribution in [3.63, 3.8) is 0 Å². The Morgan fingerprint density at radius 1 is 1.31 bits per heavy atom. The van der Waals surface area contributed by atoms with Gasteiger partial charge in [-0.15, -0.1) is 0 Å². The molecule has 0 bridgehead atoms. The fourth-order valence-corrected chi connectivity index (χ4v) is 2.48. The maximum atomic E-state index is 12.2. The van der Waals surface area contributed by atoms with Crippen molar-refractivity contribution in [1.29, 1.82) is 0 Å². The molecule has 1 fully saturated rings. The summed E-state index contributed by atoms with van der Waals surface area (Å²) in [5.41, 5.74) is -0.921. The minimum absolute atomic E-state index is 0.104. The van der Waals surface area contributed by atoms with Crippen molar-refractivity contribution >= 4 is 23.7 Å². The summed E-state index contributed by atoms with van der Waals surface area (Å²) in [4.78, 5) is 34.7. The summed E-state index contributed by atoms with van der Waals surface area (Å²) >= 11 is 0. The molecule has 9 nitrogen and oxygen atoms in total. The van der Waals surface area contributed by atoms with Gasteiger partial charge in [-0.3, -0.25) is 10.1 Å². The van der Waals surface area contributed by atoms with Crippen LogP contribution in [0.5, 0.6) is 11.5 Å². The number of nitro benzene ring substituents is 1.